The van der Waals surface area contributed by atoms with Crippen molar-refractivity contribution in [2.24, 2.45) is 0 Å². The molecule has 0 bridgehead atoms. The maximum absolute atomic E-state index is 11.9. The molecule has 1 aromatic carbocycles. The maximum atomic E-state index is 11.9. The van der Waals surface area contributed by atoms with Crippen LogP contribution < -0.4 is 5.32 Å². The number of nitrogens with zero attached hydrogens (tertiary/aromatic N) is 3. The predicted molar refractivity (Wildman–Crippen MR) is 71.9 cm³/mol. The van der Waals surface area contributed by atoms with Crippen molar-refractivity contribution in [1.82, 2.24) is 20.2 Å². The number of carbonyl (C=O) groups excluding carboxylic acids is 1. The summed E-state index contributed by atoms with van der Waals surface area (Å²) in [5.41, 5.74) is 0.992. The molecular formula is C12H9N5OS. The van der Waals surface area contributed by atoms with Crippen molar-refractivity contribution in [2.75, 3.05) is 5.32 Å². The van der Waals surface area contributed by atoms with Crippen LogP contribution in [0.4, 0.5) is 5.95 Å². The largest absolute Gasteiger partial charge is 0.290 e. The van der Waals surface area contributed by atoms with Gasteiger partial charge in [-0.15, -0.1) is 11.3 Å². The van der Waals surface area contributed by atoms with Crippen LogP contribution in [-0.2, 0) is 0 Å². The summed E-state index contributed by atoms with van der Waals surface area (Å²) in [6, 6.07) is 9.72. The standard InChI is InChI=1S/C12H9N5OS/c18-10(16-12-14-7-15-17-12)9-6-13-11(19-9)8-4-2-1-3-5-8/h1-7H,(H2,14,15,16,17,18). The highest BCUT2D eigenvalue weighted by Crippen LogP contribution is 2.25. The average molecular weight is 271 g/mol. The first-order valence-corrected chi connectivity index (χ1v) is 6.32. The van der Waals surface area contributed by atoms with Gasteiger partial charge >= 0.3 is 0 Å². The van der Waals surface area contributed by atoms with Gasteiger partial charge in [0.25, 0.3) is 5.91 Å². The molecule has 0 aliphatic carbocycles. The summed E-state index contributed by atoms with van der Waals surface area (Å²) in [6.45, 7) is 0. The Kier molecular flexibility index (Phi) is 3.03. The fourth-order valence-electron chi connectivity index (χ4n) is 1.53. The molecule has 0 unspecified atom stereocenters. The topological polar surface area (TPSA) is 83.6 Å². The first kappa shape index (κ1) is 11.5. The zero-order chi connectivity index (χ0) is 13.1. The van der Waals surface area contributed by atoms with Gasteiger partial charge in [-0.25, -0.2) is 10.1 Å². The van der Waals surface area contributed by atoms with Crippen LogP contribution in [0.3, 0.4) is 0 Å². The van der Waals surface area contributed by atoms with Gasteiger partial charge in [-0.1, -0.05) is 30.3 Å². The number of carbonyl (C=O) groups is 1. The molecule has 7 heteroatoms. The summed E-state index contributed by atoms with van der Waals surface area (Å²) in [4.78, 5) is 20.5. The Morgan fingerprint density at radius 3 is 2.79 bits per heavy atom. The molecule has 0 saturated heterocycles. The molecular weight excluding hydrogens is 262 g/mol. The van der Waals surface area contributed by atoms with Crippen LogP contribution >= 0.6 is 11.3 Å². The molecule has 94 valence electrons. The second kappa shape index (κ2) is 4.99. The van der Waals surface area contributed by atoms with E-state index in [1.165, 1.54) is 17.7 Å². The normalized spacial score (nSPS) is 10.3. The smallest absolute Gasteiger partial charge is 0.269 e. The zero-order valence-corrected chi connectivity index (χ0v) is 10.5. The number of hydrogen-bond acceptors (Lipinski definition) is 5. The summed E-state index contributed by atoms with van der Waals surface area (Å²) < 4.78 is 0. The first-order chi connectivity index (χ1) is 9.33. The Balaban J connectivity index is 1.80. The van der Waals surface area contributed by atoms with Gasteiger partial charge in [-0.05, 0) is 0 Å². The fraction of sp³-hybridized carbons (Fsp3) is 0. The molecule has 0 fully saturated rings. The summed E-state index contributed by atoms with van der Waals surface area (Å²) >= 11 is 1.33. The zero-order valence-electron chi connectivity index (χ0n) is 9.70. The van der Waals surface area contributed by atoms with E-state index in [0.717, 1.165) is 10.6 Å². The third kappa shape index (κ3) is 2.50. The summed E-state index contributed by atoms with van der Waals surface area (Å²) in [5.74, 6) is 0.0658. The van der Waals surface area contributed by atoms with Gasteiger partial charge < -0.3 is 0 Å². The molecule has 19 heavy (non-hydrogen) atoms. The quantitative estimate of drug-likeness (QED) is 0.764. The van der Waals surface area contributed by atoms with Crippen LogP contribution in [0.5, 0.6) is 0 Å². The second-order valence-electron chi connectivity index (χ2n) is 3.68. The minimum atomic E-state index is -0.253. The number of aromatic amines is 1. The van der Waals surface area contributed by atoms with Crippen molar-refractivity contribution in [3.63, 3.8) is 0 Å². The molecule has 0 radical (unpaired) electrons. The number of amides is 1. The van der Waals surface area contributed by atoms with Crippen molar-refractivity contribution in [1.29, 1.82) is 0 Å². The van der Waals surface area contributed by atoms with Crippen molar-refractivity contribution in [2.45, 2.75) is 0 Å². The molecule has 0 spiro atoms. The van der Waals surface area contributed by atoms with Crippen LogP contribution in [-0.4, -0.2) is 26.1 Å². The third-order valence-corrected chi connectivity index (χ3v) is 3.44. The minimum absolute atomic E-state index is 0.253. The molecule has 0 atom stereocenters. The highest BCUT2D eigenvalue weighted by Gasteiger charge is 2.12. The lowest BCUT2D eigenvalue weighted by Crippen LogP contribution is -2.11. The van der Waals surface area contributed by atoms with E-state index in [0.29, 0.717) is 10.8 Å². The van der Waals surface area contributed by atoms with E-state index in [9.17, 15) is 4.79 Å². The predicted octanol–water partition coefficient (Wildman–Crippen LogP) is 2.18. The maximum Gasteiger partial charge on any atom is 0.269 e. The number of benzene rings is 1. The number of H-pyrrole nitrogens is 1. The van der Waals surface area contributed by atoms with Crippen LogP contribution in [0.1, 0.15) is 9.67 Å². The summed E-state index contributed by atoms with van der Waals surface area (Å²) in [7, 11) is 0. The number of anilines is 1. The van der Waals surface area contributed by atoms with E-state index < -0.39 is 0 Å². The lowest BCUT2D eigenvalue weighted by molar-refractivity contribution is 0.102. The molecule has 0 aliphatic rings. The van der Waals surface area contributed by atoms with E-state index in [1.807, 2.05) is 30.3 Å². The number of rotatable bonds is 3. The van der Waals surface area contributed by atoms with Gasteiger partial charge in [-0.2, -0.15) is 10.1 Å². The molecule has 6 nitrogen and oxygen atoms in total. The van der Waals surface area contributed by atoms with Gasteiger partial charge in [0, 0.05) is 5.56 Å². The molecule has 2 heterocycles. The molecule has 0 aliphatic heterocycles. The molecule has 3 aromatic rings. The monoisotopic (exact) mass is 271 g/mol. The molecule has 0 saturated carbocycles. The lowest BCUT2D eigenvalue weighted by atomic mass is 10.2. The summed E-state index contributed by atoms with van der Waals surface area (Å²) in [6.07, 6.45) is 2.89. The average Bonchev–Trinajstić information content (AvgIpc) is 3.10. The van der Waals surface area contributed by atoms with Gasteiger partial charge in [0.15, 0.2) is 0 Å². The van der Waals surface area contributed by atoms with Crippen molar-refractivity contribution in [3.05, 3.63) is 47.7 Å². The van der Waals surface area contributed by atoms with Gasteiger partial charge in [0.05, 0.1) is 6.20 Å². The Bertz CT molecular complexity index is 677. The molecule has 1 amide bonds. The van der Waals surface area contributed by atoms with E-state index in [4.69, 9.17) is 0 Å². The van der Waals surface area contributed by atoms with Crippen LogP contribution in [0.2, 0.25) is 0 Å². The third-order valence-electron chi connectivity index (χ3n) is 2.40. The van der Waals surface area contributed by atoms with E-state index in [-0.39, 0.29) is 5.91 Å². The van der Waals surface area contributed by atoms with Crippen molar-refractivity contribution < 1.29 is 4.79 Å². The Morgan fingerprint density at radius 1 is 1.21 bits per heavy atom. The highest BCUT2D eigenvalue weighted by atomic mass is 32.1. The molecule has 2 aromatic heterocycles. The Hall–Kier alpha value is -2.54. The number of aromatic nitrogens is 4. The van der Waals surface area contributed by atoms with Gasteiger partial charge in [-0.3, -0.25) is 10.1 Å². The number of hydrogen-bond donors (Lipinski definition) is 2. The minimum Gasteiger partial charge on any atom is -0.290 e. The first-order valence-electron chi connectivity index (χ1n) is 5.51. The Morgan fingerprint density at radius 2 is 2.05 bits per heavy atom. The van der Waals surface area contributed by atoms with E-state index in [2.05, 4.69) is 25.5 Å². The van der Waals surface area contributed by atoms with Crippen molar-refractivity contribution in [3.8, 4) is 10.6 Å². The number of thiazole rings is 1. The van der Waals surface area contributed by atoms with Crippen LogP contribution in [0, 0.1) is 0 Å². The summed E-state index contributed by atoms with van der Waals surface area (Å²) in [5, 5.41) is 9.64. The Labute approximate surface area is 112 Å². The fourth-order valence-corrected chi connectivity index (χ4v) is 2.34. The van der Waals surface area contributed by atoms with Crippen LogP contribution in [0.25, 0.3) is 10.6 Å². The van der Waals surface area contributed by atoms with E-state index >= 15 is 0 Å². The van der Waals surface area contributed by atoms with Crippen molar-refractivity contribution >= 4 is 23.2 Å². The number of nitrogens with one attached hydrogen (secondary N) is 2. The second-order valence-corrected chi connectivity index (χ2v) is 4.71. The molecule has 3 rings (SSSR count). The molecule has 2 N–H and O–H groups in total. The SMILES string of the molecule is O=C(Nc1ncn[nH]1)c1cnc(-c2ccccc2)s1. The highest BCUT2D eigenvalue weighted by molar-refractivity contribution is 7.17. The van der Waals surface area contributed by atoms with Gasteiger partial charge in [0.1, 0.15) is 16.2 Å². The van der Waals surface area contributed by atoms with E-state index in [1.54, 1.807) is 6.20 Å². The van der Waals surface area contributed by atoms with Crippen LogP contribution in [0.15, 0.2) is 42.9 Å². The van der Waals surface area contributed by atoms with Gasteiger partial charge in [0.2, 0.25) is 5.95 Å². The lowest BCUT2D eigenvalue weighted by Gasteiger charge is -1.96.